The minimum Gasteiger partial charge on any atom is -0.486 e. The Balaban J connectivity index is 1.75. The normalized spacial score (nSPS) is 19.9. The summed E-state index contributed by atoms with van der Waals surface area (Å²) < 4.78 is 38.0. The van der Waals surface area contributed by atoms with Crippen LogP contribution in [-0.4, -0.2) is 39.9 Å². The lowest BCUT2D eigenvalue weighted by Crippen LogP contribution is -2.44. The smallest absolute Gasteiger partial charge is 0.240 e. The molecule has 0 amide bonds. The van der Waals surface area contributed by atoms with Crippen LogP contribution in [0.15, 0.2) is 23.1 Å². The molecule has 3 rings (SSSR count). The van der Waals surface area contributed by atoms with Crippen molar-refractivity contribution < 1.29 is 23.0 Å². The topological polar surface area (TPSA) is 84.9 Å². The lowest BCUT2D eigenvalue weighted by atomic mass is 9.69. The summed E-state index contributed by atoms with van der Waals surface area (Å²) in [5, 5.41) is 9.39. The van der Waals surface area contributed by atoms with Crippen LogP contribution in [0.5, 0.6) is 11.5 Å². The Kier molecular flexibility index (Phi) is 3.81. The van der Waals surface area contributed by atoms with E-state index in [0.717, 1.165) is 19.3 Å². The van der Waals surface area contributed by atoms with Gasteiger partial charge in [-0.2, -0.15) is 0 Å². The van der Waals surface area contributed by atoms with Gasteiger partial charge in [0.05, 0.1) is 4.90 Å². The molecular formula is C14H19NO5S. The zero-order valence-electron chi connectivity index (χ0n) is 11.7. The number of aliphatic hydroxyl groups is 1. The van der Waals surface area contributed by atoms with Crippen LogP contribution in [0, 0.1) is 5.41 Å². The highest BCUT2D eigenvalue weighted by atomic mass is 32.2. The third-order valence-electron chi connectivity index (χ3n) is 4.21. The van der Waals surface area contributed by atoms with Gasteiger partial charge in [-0.1, -0.05) is 6.42 Å². The fourth-order valence-electron chi connectivity index (χ4n) is 2.59. The summed E-state index contributed by atoms with van der Waals surface area (Å²) in [6.45, 7) is 1.16. The average Bonchev–Trinajstić information content (AvgIpc) is 2.46. The quantitative estimate of drug-likeness (QED) is 0.843. The summed E-state index contributed by atoms with van der Waals surface area (Å²) in [5.74, 6) is 1.01. The molecule has 1 aliphatic carbocycles. The van der Waals surface area contributed by atoms with Gasteiger partial charge < -0.3 is 14.6 Å². The van der Waals surface area contributed by atoms with Crippen LogP contribution >= 0.6 is 0 Å². The van der Waals surface area contributed by atoms with Crippen molar-refractivity contribution in [1.29, 1.82) is 0 Å². The van der Waals surface area contributed by atoms with Crippen molar-refractivity contribution in [1.82, 2.24) is 4.72 Å². The first-order chi connectivity index (χ1) is 10.0. The van der Waals surface area contributed by atoms with Gasteiger partial charge in [-0.3, -0.25) is 0 Å². The van der Waals surface area contributed by atoms with E-state index in [4.69, 9.17) is 9.47 Å². The van der Waals surface area contributed by atoms with E-state index in [-0.39, 0.29) is 23.5 Å². The second-order valence-electron chi connectivity index (χ2n) is 5.64. The van der Waals surface area contributed by atoms with Gasteiger partial charge >= 0.3 is 0 Å². The number of rotatable bonds is 5. The van der Waals surface area contributed by atoms with E-state index in [9.17, 15) is 13.5 Å². The summed E-state index contributed by atoms with van der Waals surface area (Å²) in [7, 11) is -3.61. The van der Waals surface area contributed by atoms with Gasteiger partial charge in [0.2, 0.25) is 10.0 Å². The number of aliphatic hydroxyl groups excluding tert-OH is 1. The van der Waals surface area contributed by atoms with Crippen molar-refractivity contribution >= 4 is 10.0 Å². The Hall–Kier alpha value is -1.31. The molecule has 7 heteroatoms. The number of sulfonamides is 1. The molecule has 2 aliphatic rings. The fourth-order valence-corrected chi connectivity index (χ4v) is 3.76. The van der Waals surface area contributed by atoms with E-state index in [1.807, 2.05) is 0 Å². The molecule has 0 bridgehead atoms. The molecule has 0 radical (unpaired) electrons. The SMILES string of the molecule is O=S(=O)(NCC1(CO)CCC1)c1ccc2c(c1)OCCO2. The van der Waals surface area contributed by atoms with Gasteiger partial charge in [0.1, 0.15) is 13.2 Å². The summed E-state index contributed by atoms with van der Waals surface area (Å²) in [6, 6.07) is 4.58. The molecule has 1 aromatic rings. The maximum atomic E-state index is 12.3. The standard InChI is InChI=1S/C14H19NO5S/c16-10-14(4-1-5-14)9-15-21(17,18)11-2-3-12-13(8-11)20-7-6-19-12/h2-3,8,15-16H,1,4-7,9-10H2. The van der Waals surface area contributed by atoms with Crippen LogP contribution in [0.3, 0.4) is 0 Å². The van der Waals surface area contributed by atoms with E-state index >= 15 is 0 Å². The largest absolute Gasteiger partial charge is 0.486 e. The van der Waals surface area contributed by atoms with Crippen molar-refractivity contribution in [2.75, 3.05) is 26.4 Å². The molecule has 1 aromatic carbocycles. The molecule has 1 fully saturated rings. The van der Waals surface area contributed by atoms with Gasteiger partial charge in [-0.15, -0.1) is 0 Å². The highest BCUT2D eigenvalue weighted by Crippen LogP contribution is 2.40. The number of hydrogen-bond acceptors (Lipinski definition) is 5. The van der Waals surface area contributed by atoms with E-state index < -0.39 is 10.0 Å². The van der Waals surface area contributed by atoms with Crippen LogP contribution in [-0.2, 0) is 10.0 Å². The predicted molar refractivity (Wildman–Crippen MR) is 76.0 cm³/mol. The Morgan fingerprint density at radius 1 is 1.19 bits per heavy atom. The van der Waals surface area contributed by atoms with Crippen molar-refractivity contribution in [3.63, 3.8) is 0 Å². The lowest BCUT2D eigenvalue weighted by Gasteiger charge is -2.40. The van der Waals surface area contributed by atoms with Gasteiger partial charge in [0.25, 0.3) is 0 Å². The minimum absolute atomic E-state index is 0.0106. The van der Waals surface area contributed by atoms with Gasteiger partial charge in [-0.05, 0) is 25.0 Å². The Bertz CT molecular complexity index is 619. The molecule has 0 unspecified atom stereocenters. The first-order valence-corrected chi connectivity index (χ1v) is 8.53. The number of nitrogens with one attached hydrogen (secondary N) is 1. The number of fused-ring (bicyclic) bond motifs is 1. The monoisotopic (exact) mass is 313 g/mol. The van der Waals surface area contributed by atoms with Crippen LogP contribution in [0.2, 0.25) is 0 Å². The van der Waals surface area contributed by atoms with Crippen molar-refractivity contribution in [3.05, 3.63) is 18.2 Å². The van der Waals surface area contributed by atoms with E-state index in [2.05, 4.69) is 4.72 Å². The molecule has 0 atom stereocenters. The van der Waals surface area contributed by atoms with Crippen molar-refractivity contribution in [2.24, 2.45) is 5.41 Å². The Morgan fingerprint density at radius 3 is 2.52 bits per heavy atom. The van der Waals surface area contributed by atoms with Gasteiger partial charge in [0.15, 0.2) is 11.5 Å². The maximum absolute atomic E-state index is 12.3. The molecule has 116 valence electrons. The zero-order valence-corrected chi connectivity index (χ0v) is 12.5. The Labute approximate surface area is 124 Å². The summed E-state index contributed by atoms with van der Waals surface area (Å²) >= 11 is 0. The van der Waals surface area contributed by atoms with Crippen LogP contribution < -0.4 is 14.2 Å². The second-order valence-corrected chi connectivity index (χ2v) is 7.41. The second kappa shape index (κ2) is 5.47. The average molecular weight is 313 g/mol. The van der Waals surface area contributed by atoms with Crippen LogP contribution in [0.25, 0.3) is 0 Å². The maximum Gasteiger partial charge on any atom is 0.240 e. The molecule has 1 heterocycles. The summed E-state index contributed by atoms with van der Waals surface area (Å²) in [4.78, 5) is 0.152. The number of hydrogen-bond donors (Lipinski definition) is 2. The van der Waals surface area contributed by atoms with E-state index in [1.165, 1.54) is 12.1 Å². The predicted octanol–water partition coefficient (Wildman–Crippen LogP) is 0.899. The molecular weight excluding hydrogens is 294 g/mol. The summed E-state index contributed by atoms with van der Waals surface area (Å²) in [6.07, 6.45) is 2.74. The molecule has 1 aliphatic heterocycles. The molecule has 0 saturated heterocycles. The van der Waals surface area contributed by atoms with Gasteiger partial charge in [0, 0.05) is 24.6 Å². The van der Waals surface area contributed by atoms with Crippen molar-refractivity contribution in [2.45, 2.75) is 24.2 Å². The first kappa shape index (κ1) is 14.6. The molecule has 21 heavy (non-hydrogen) atoms. The number of benzene rings is 1. The highest BCUT2D eigenvalue weighted by molar-refractivity contribution is 7.89. The van der Waals surface area contributed by atoms with Crippen LogP contribution in [0.4, 0.5) is 0 Å². The van der Waals surface area contributed by atoms with E-state index in [1.54, 1.807) is 6.07 Å². The number of ether oxygens (including phenoxy) is 2. The third kappa shape index (κ3) is 2.86. The molecule has 2 N–H and O–H groups in total. The minimum atomic E-state index is -3.61. The fraction of sp³-hybridized carbons (Fsp3) is 0.571. The molecule has 1 saturated carbocycles. The third-order valence-corrected chi connectivity index (χ3v) is 5.61. The Morgan fingerprint density at radius 2 is 1.90 bits per heavy atom. The highest BCUT2D eigenvalue weighted by Gasteiger charge is 2.37. The first-order valence-electron chi connectivity index (χ1n) is 7.05. The van der Waals surface area contributed by atoms with Gasteiger partial charge in [-0.25, -0.2) is 13.1 Å². The lowest BCUT2D eigenvalue weighted by molar-refractivity contribution is 0.0499. The van der Waals surface area contributed by atoms with E-state index in [0.29, 0.717) is 24.7 Å². The molecule has 6 nitrogen and oxygen atoms in total. The van der Waals surface area contributed by atoms with Crippen LogP contribution in [0.1, 0.15) is 19.3 Å². The molecule has 0 aromatic heterocycles. The van der Waals surface area contributed by atoms with Crippen molar-refractivity contribution in [3.8, 4) is 11.5 Å². The summed E-state index contributed by atoms with van der Waals surface area (Å²) in [5.41, 5.74) is -0.291. The molecule has 0 spiro atoms. The zero-order chi connectivity index (χ0) is 14.9.